The van der Waals surface area contributed by atoms with Gasteiger partial charge in [0.2, 0.25) is 5.28 Å². The summed E-state index contributed by atoms with van der Waals surface area (Å²) in [4.78, 5) is 9.39. The van der Waals surface area contributed by atoms with Crippen molar-refractivity contribution >= 4 is 39.0 Å². The van der Waals surface area contributed by atoms with Gasteiger partial charge < -0.3 is 10.1 Å². The third kappa shape index (κ3) is 3.16. The molecule has 0 saturated carbocycles. The molecule has 4 nitrogen and oxygen atoms in total. The number of hydrogen-bond donors (Lipinski definition) is 1. The first-order valence-corrected chi connectivity index (χ1v) is 7.85. The van der Waals surface area contributed by atoms with Crippen molar-refractivity contribution in [2.75, 3.05) is 18.5 Å². The molecule has 2 aromatic rings. The molecular weight excluding hydrogens is 282 g/mol. The standard InChI is InChI=1S/C13H16ClN3OS/c14-13-16-11(10-5-8-19-12(10)17-13)15-6-4-9-3-1-2-7-18-9/h5,8-9H,1-4,6-7H2,(H,15,16,17). The first-order valence-electron chi connectivity index (χ1n) is 6.59. The summed E-state index contributed by atoms with van der Waals surface area (Å²) < 4.78 is 5.72. The van der Waals surface area contributed by atoms with E-state index in [1.807, 2.05) is 11.4 Å². The van der Waals surface area contributed by atoms with Crippen LogP contribution in [-0.4, -0.2) is 29.2 Å². The van der Waals surface area contributed by atoms with Crippen molar-refractivity contribution in [1.82, 2.24) is 9.97 Å². The molecule has 6 heteroatoms. The maximum absolute atomic E-state index is 5.93. The first-order chi connectivity index (χ1) is 9.33. The number of thiophene rings is 1. The second-order valence-electron chi connectivity index (χ2n) is 4.68. The van der Waals surface area contributed by atoms with Gasteiger partial charge in [-0.2, -0.15) is 0 Å². The average Bonchev–Trinajstić information content (AvgIpc) is 2.88. The Kier molecular flexibility index (Phi) is 4.15. The largest absolute Gasteiger partial charge is 0.378 e. The number of aromatic nitrogens is 2. The number of fused-ring (bicyclic) bond motifs is 1. The number of rotatable bonds is 4. The summed E-state index contributed by atoms with van der Waals surface area (Å²) in [6.45, 7) is 1.75. The van der Waals surface area contributed by atoms with Crippen molar-refractivity contribution in [2.24, 2.45) is 0 Å². The summed E-state index contributed by atoms with van der Waals surface area (Å²) in [7, 11) is 0. The fourth-order valence-corrected chi connectivity index (χ4v) is 3.33. The maximum atomic E-state index is 5.93. The van der Waals surface area contributed by atoms with E-state index in [-0.39, 0.29) is 0 Å². The lowest BCUT2D eigenvalue weighted by molar-refractivity contribution is 0.0134. The summed E-state index contributed by atoms with van der Waals surface area (Å²) in [5, 5.41) is 6.70. The van der Waals surface area contributed by atoms with Crippen LogP contribution in [0.2, 0.25) is 5.28 Å². The Morgan fingerprint density at radius 1 is 1.42 bits per heavy atom. The van der Waals surface area contributed by atoms with Crippen LogP contribution in [0.5, 0.6) is 0 Å². The minimum Gasteiger partial charge on any atom is -0.378 e. The highest BCUT2D eigenvalue weighted by Crippen LogP contribution is 2.26. The molecule has 2 aromatic heterocycles. The molecule has 0 bridgehead atoms. The normalized spacial score (nSPS) is 19.7. The zero-order chi connectivity index (χ0) is 13.1. The number of ether oxygens (including phenoxy) is 1. The van der Waals surface area contributed by atoms with Crippen LogP contribution in [-0.2, 0) is 4.74 Å². The fourth-order valence-electron chi connectivity index (χ4n) is 2.35. The van der Waals surface area contributed by atoms with E-state index >= 15 is 0 Å². The summed E-state index contributed by atoms with van der Waals surface area (Å²) in [6, 6.07) is 2.02. The molecule has 1 atom stereocenters. The molecule has 1 aliphatic rings. The summed E-state index contributed by atoms with van der Waals surface area (Å²) >= 11 is 7.51. The molecule has 1 fully saturated rings. The topological polar surface area (TPSA) is 47.0 Å². The number of nitrogens with zero attached hydrogens (tertiary/aromatic N) is 2. The summed E-state index contributed by atoms with van der Waals surface area (Å²) in [5.74, 6) is 0.826. The van der Waals surface area contributed by atoms with Gasteiger partial charge in [0, 0.05) is 13.2 Å². The monoisotopic (exact) mass is 297 g/mol. The van der Waals surface area contributed by atoms with Crippen LogP contribution >= 0.6 is 22.9 Å². The molecule has 0 amide bonds. The van der Waals surface area contributed by atoms with Crippen molar-refractivity contribution in [3.05, 3.63) is 16.7 Å². The molecule has 0 aromatic carbocycles. The second-order valence-corrected chi connectivity index (χ2v) is 5.92. The maximum Gasteiger partial charge on any atom is 0.225 e. The zero-order valence-corrected chi connectivity index (χ0v) is 12.1. The molecule has 0 aliphatic carbocycles. The molecule has 3 heterocycles. The molecule has 1 saturated heterocycles. The lowest BCUT2D eigenvalue weighted by Gasteiger charge is -2.22. The van der Waals surface area contributed by atoms with Crippen molar-refractivity contribution in [3.8, 4) is 0 Å². The number of hydrogen-bond acceptors (Lipinski definition) is 5. The Hall–Kier alpha value is -0.910. The van der Waals surface area contributed by atoms with E-state index < -0.39 is 0 Å². The van der Waals surface area contributed by atoms with Crippen LogP contribution in [0, 0.1) is 0 Å². The van der Waals surface area contributed by atoms with Gasteiger partial charge >= 0.3 is 0 Å². The molecule has 0 radical (unpaired) electrons. The lowest BCUT2D eigenvalue weighted by atomic mass is 10.1. The van der Waals surface area contributed by atoms with E-state index in [2.05, 4.69) is 15.3 Å². The van der Waals surface area contributed by atoms with Crippen molar-refractivity contribution < 1.29 is 4.74 Å². The van der Waals surface area contributed by atoms with E-state index in [1.54, 1.807) is 11.3 Å². The number of anilines is 1. The van der Waals surface area contributed by atoms with Crippen LogP contribution in [0.4, 0.5) is 5.82 Å². The van der Waals surface area contributed by atoms with E-state index in [0.717, 1.165) is 35.6 Å². The van der Waals surface area contributed by atoms with Crippen LogP contribution in [0.15, 0.2) is 11.4 Å². The van der Waals surface area contributed by atoms with Crippen LogP contribution in [0.1, 0.15) is 25.7 Å². The van der Waals surface area contributed by atoms with Crippen LogP contribution < -0.4 is 5.32 Å². The molecule has 19 heavy (non-hydrogen) atoms. The minimum atomic E-state index is 0.298. The average molecular weight is 298 g/mol. The summed E-state index contributed by atoms with van der Waals surface area (Å²) in [6.07, 6.45) is 5.03. The molecule has 0 spiro atoms. The van der Waals surface area contributed by atoms with Gasteiger partial charge in [-0.15, -0.1) is 11.3 Å². The predicted octanol–water partition coefficient (Wildman–Crippen LogP) is 3.72. The third-order valence-electron chi connectivity index (χ3n) is 3.33. The summed E-state index contributed by atoms with van der Waals surface area (Å²) in [5.41, 5.74) is 0. The highest BCUT2D eigenvalue weighted by Gasteiger charge is 2.14. The second kappa shape index (κ2) is 6.03. The molecule has 3 rings (SSSR count). The minimum absolute atomic E-state index is 0.298. The fraction of sp³-hybridized carbons (Fsp3) is 0.538. The zero-order valence-electron chi connectivity index (χ0n) is 10.6. The smallest absolute Gasteiger partial charge is 0.225 e. The Balaban J connectivity index is 1.63. The van der Waals surface area contributed by atoms with Gasteiger partial charge in [0.05, 0.1) is 11.5 Å². The lowest BCUT2D eigenvalue weighted by Crippen LogP contribution is -2.22. The van der Waals surface area contributed by atoms with E-state index in [4.69, 9.17) is 16.3 Å². The Morgan fingerprint density at radius 2 is 2.37 bits per heavy atom. The van der Waals surface area contributed by atoms with Crippen molar-refractivity contribution in [2.45, 2.75) is 31.8 Å². The number of halogens is 1. The van der Waals surface area contributed by atoms with Gasteiger partial charge in [-0.3, -0.25) is 0 Å². The Morgan fingerprint density at radius 3 is 3.21 bits per heavy atom. The van der Waals surface area contributed by atoms with E-state index in [0.29, 0.717) is 11.4 Å². The Bertz CT molecular complexity index is 554. The van der Waals surface area contributed by atoms with Gasteiger partial charge in [-0.05, 0) is 48.7 Å². The molecular formula is C13H16ClN3OS. The quantitative estimate of drug-likeness (QED) is 0.874. The van der Waals surface area contributed by atoms with Crippen molar-refractivity contribution in [3.63, 3.8) is 0 Å². The Labute approximate surface area is 121 Å². The van der Waals surface area contributed by atoms with Gasteiger partial charge in [0.25, 0.3) is 0 Å². The third-order valence-corrected chi connectivity index (χ3v) is 4.31. The van der Waals surface area contributed by atoms with Crippen LogP contribution in [0.25, 0.3) is 10.2 Å². The van der Waals surface area contributed by atoms with E-state index in [9.17, 15) is 0 Å². The molecule has 102 valence electrons. The molecule has 1 aliphatic heterocycles. The molecule has 1 N–H and O–H groups in total. The highest BCUT2D eigenvalue weighted by atomic mass is 35.5. The van der Waals surface area contributed by atoms with Gasteiger partial charge in [0.1, 0.15) is 10.6 Å². The first kappa shape index (κ1) is 13.1. The number of nitrogens with one attached hydrogen (secondary N) is 1. The van der Waals surface area contributed by atoms with Gasteiger partial charge in [-0.25, -0.2) is 9.97 Å². The van der Waals surface area contributed by atoms with Gasteiger partial charge in [0.15, 0.2) is 0 Å². The van der Waals surface area contributed by atoms with E-state index in [1.165, 1.54) is 19.3 Å². The highest BCUT2D eigenvalue weighted by molar-refractivity contribution is 7.16. The SMILES string of the molecule is Clc1nc(NCCC2CCCCO2)c2ccsc2n1. The van der Waals surface area contributed by atoms with Crippen molar-refractivity contribution in [1.29, 1.82) is 0 Å². The molecule has 1 unspecified atom stereocenters. The van der Waals surface area contributed by atoms with Gasteiger partial charge in [-0.1, -0.05) is 0 Å². The van der Waals surface area contributed by atoms with Crippen LogP contribution in [0.3, 0.4) is 0 Å². The predicted molar refractivity (Wildman–Crippen MR) is 79.1 cm³/mol.